The minimum Gasteiger partial charge on any atom is -0.488 e. The van der Waals surface area contributed by atoms with Gasteiger partial charge in [0.25, 0.3) is 0 Å². The average molecular weight is 553 g/mol. The molecule has 1 aromatic rings. The fraction of sp³-hybridized carbons (Fsp3) is 0.500. The van der Waals surface area contributed by atoms with Crippen LogP contribution in [0.4, 0.5) is 0 Å². The van der Waals surface area contributed by atoms with Gasteiger partial charge in [0, 0.05) is 33.0 Å². The van der Waals surface area contributed by atoms with Crippen LogP contribution in [0, 0.1) is 0 Å². The molecule has 1 heterocycles. The Morgan fingerprint density at radius 2 is 1.93 bits per heavy atom. The van der Waals surface area contributed by atoms with Crippen molar-refractivity contribution >= 4 is 57.7 Å². The fourth-order valence-electron chi connectivity index (χ4n) is 2.60. The van der Waals surface area contributed by atoms with Crippen molar-refractivity contribution in [1.82, 2.24) is 15.5 Å². The minimum atomic E-state index is -0.0959. The summed E-state index contributed by atoms with van der Waals surface area (Å²) in [7, 11) is 1.67. The summed E-state index contributed by atoms with van der Waals surface area (Å²) in [5.74, 6) is 1.19. The highest BCUT2D eigenvalue weighted by atomic mass is 127. The molecule has 1 aliphatic heterocycles. The first-order chi connectivity index (χ1) is 12.5. The Labute approximate surface area is 185 Å². The van der Waals surface area contributed by atoms with Crippen LogP contribution in [0.2, 0.25) is 0 Å². The van der Waals surface area contributed by atoms with Gasteiger partial charge in [0.2, 0.25) is 11.8 Å². The first kappa shape index (κ1) is 23.7. The van der Waals surface area contributed by atoms with Gasteiger partial charge < -0.3 is 15.4 Å². The first-order valence-corrected chi connectivity index (χ1v) is 9.49. The monoisotopic (exact) mass is 552 g/mol. The number of amides is 2. The van der Waals surface area contributed by atoms with Crippen LogP contribution in [0.3, 0.4) is 0 Å². The van der Waals surface area contributed by atoms with Gasteiger partial charge in [0.05, 0.1) is 11.0 Å². The van der Waals surface area contributed by atoms with Crippen LogP contribution in [0.15, 0.2) is 33.7 Å². The Bertz CT molecular complexity index is 656. The lowest BCUT2D eigenvalue weighted by Gasteiger charge is -2.25. The van der Waals surface area contributed by atoms with E-state index in [-0.39, 0.29) is 41.9 Å². The van der Waals surface area contributed by atoms with E-state index in [0.717, 1.165) is 10.2 Å². The summed E-state index contributed by atoms with van der Waals surface area (Å²) in [6.07, 6.45) is 1.48. The molecule has 1 atom stereocenters. The number of nitrogens with one attached hydrogen (secondary N) is 2. The van der Waals surface area contributed by atoms with Gasteiger partial charge in [-0.15, -0.1) is 24.0 Å². The van der Waals surface area contributed by atoms with Crippen molar-refractivity contribution < 1.29 is 14.3 Å². The van der Waals surface area contributed by atoms with E-state index >= 15 is 0 Å². The molecular formula is C18H26BrIN4O3. The molecule has 0 saturated carbocycles. The molecule has 27 heavy (non-hydrogen) atoms. The second kappa shape index (κ2) is 12.2. The van der Waals surface area contributed by atoms with Crippen molar-refractivity contribution in [3.63, 3.8) is 0 Å². The second-order valence-corrected chi connectivity index (χ2v) is 6.89. The van der Waals surface area contributed by atoms with E-state index in [0.29, 0.717) is 44.9 Å². The number of nitrogens with zero attached hydrogens (tertiary/aromatic N) is 2. The molecule has 2 rings (SSSR count). The van der Waals surface area contributed by atoms with Gasteiger partial charge in [0.15, 0.2) is 5.96 Å². The van der Waals surface area contributed by atoms with Crippen LogP contribution < -0.4 is 15.4 Å². The van der Waals surface area contributed by atoms with Gasteiger partial charge in [0.1, 0.15) is 11.9 Å². The van der Waals surface area contributed by atoms with Gasteiger partial charge >= 0.3 is 0 Å². The standard InChI is InChI=1S/C18H25BrN4O3.HI/c1-13(26-15-7-4-3-6-14(15)19)12-22-18(20-2)21-10-11-23-16(24)8-5-9-17(23)25;/h3-4,6-7,13H,5,8-12H2,1-2H3,(H2,20,21,22);1H. The van der Waals surface area contributed by atoms with Crippen LogP contribution in [-0.4, -0.2) is 55.5 Å². The quantitative estimate of drug-likeness (QED) is 0.235. The maximum Gasteiger partial charge on any atom is 0.229 e. The average Bonchev–Trinajstić information content (AvgIpc) is 2.62. The Balaban J connectivity index is 0.00000364. The highest BCUT2D eigenvalue weighted by Crippen LogP contribution is 2.24. The van der Waals surface area contributed by atoms with Crippen molar-refractivity contribution in [1.29, 1.82) is 0 Å². The summed E-state index contributed by atoms with van der Waals surface area (Å²) in [6, 6.07) is 7.69. The summed E-state index contributed by atoms with van der Waals surface area (Å²) in [4.78, 5) is 29.0. The SMILES string of the molecule is CN=C(NCCN1C(=O)CCCC1=O)NCC(C)Oc1ccccc1Br.I. The van der Waals surface area contributed by atoms with Crippen LogP contribution in [0.25, 0.3) is 0 Å². The molecular weight excluding hydrogens is 527 g/mol. The molecule has 0 aliphatic carbocycles. The Morgan fingerprint density at radius 3 is 2.56 bits per heavy atom. The molecule has 1 aliphatic rings. The summed E-state index contributed by atoms with van der Waals surface area (Å²) in [5, 5.41) is 6.30. The number of hydrogen-bond acceptors (Lipinski definition) is 4. The molecule has 0 radical (unpaired) electrons. The number of para-hydroxylation sites is 1. The lowest BCUT2D eigenvalue weighted by atomic mass is 10.1. The minimum absolute atomic E-state index is 0. The van der Waals surface area contributed by atoms with Crippen molar-refractivity contribution in [2.24, 2.45) is 4.99 Å². The van der Waals surface area contributed by atoms with Gasteiger partial charge in [-0.2, -0.15) is 0 Å². The Hall–Kier alpha value is -1.36. The number of hydrogen-bond donors (Lipinski definition) is 2. The molecule has 2 N–H and O–H groups in total. The number of carbonyl (C=O) groups is 2. The number of halogens is 2. The zero-order valence-electron chi connectivity index (χ0n) is 15.5. The summed E-state index contributed by atoms with van der Waals surface area (Å²) >= 11 is 3.46. The van der Waals surface area contributed by atoms with E-state index < -0.39 is 0 Å². The third kappa shape index (κ3) is 7.65. The van der Waals surface area contributed by atoms with E-state index in [1.165, 1.54) is 4.90 Å². The highest BCUT2D eigenvalue weighted by Gasteiger charge is 2.25. The predicted octanol–water partition coefficient (Wildman–Crippen LogP) is 2.54. The number of carbonyl (C=O) groups excluding carboxylic acids is 2. The van der Waals surface area contributed by atoms with Crippen LogP contribution >= 0.6 is 39.9 Å². The third-order valence-electron chi connectivity index (χ3n) is 3.96. The van der Waals surface area contributed by atoms with Gasteiger partial charge in [-0.25, -0.2) is 0 Å². The normalized spacial score (nSPS) is 15.8. The highest BCUT2D eigenvalue weighted by molar-refractivity contribution is 14.0. The summed E-state index contributed by atoms with van der Waals surface area (Å²) in [5.41, 5.74) is 0. The molecule has 1 aromatic carbocycles. The number of ether oxygens (including phenoxy) is 1. The van der Waals surface area contributed by atoms with E-state index in [1.54, 1.807) is 7.05 Å². The number of benzene rings is 1. The zero-order valence-corrected chi connectivity index (χ0v) is 19.5. The third-order valence-corrected chi connectivity index (χ3v) is 4.61. The molecule has 1 unspecified atom stereocenters. The van der Waals surface area contributed by atoms with E-state index in [2.05, 4.69) is 31.6 Å². The lowest BCUT2D eigenvalue weighted by Crippen LogP contribution is -2.47. The van der Waals surface area contributed by atoms with Crippen molar-refractivity contribution in [3.8, 4) is 5.75 Å². The molecule has 2 amide bonds. The fourth-order valence-corrected chi connectivity index (χ4v) is 2.97. The predicted molar refractivity (Wildman–Crippen MR) is 120 cm³/mol. The molecule has 1 saturated heterocycles. The number of aliphatic imine (C=N–C) groups is 1. The number of likely N-dealkylation sites (tertiary alicyclic amines) is 1. The molecule has 1 fully saturated rings. The van der Waals surface area contributed by atoms with Crippen molar-refractivity contribution in [2.75, 3.05) is 26.7 Å². The maximum absolute atomic E-state index is 11.8. The Morgan fingerprint density at radius 1 is 1.26 bits per heavy atom. The first-order valence-electron chi connectivity index (χ1n) is 8.70. The Kier molecular flexibility index (Phi) is 10.7. The summed E-state index contributed by atoms with van der Waals surface area (Å²) in [6.45, 7) is 3.32. The van der Waals surface area contributed by atoms with E-state index in [4.69, 9.17) is 4.74 Å². The van der Waals surface area contributed by atoms with Gasteiger partial charge in [-0.05, 0) is 41.4 Å². The second-order valence-electron chi connectivity index (χ2n) is 6.03. The molecule has 7 nitrogen and oxygen atoms in total. The molecule has 0 bridgehead atoms. The number of imide groups is 1. The van der Waals surface area contributed by atoms with Crippen LogP contribution in [0.5, 0.6) is 5.75 Å². The van der Waals surface area contributed by atoms with E-state index in [9.17, 15) is 9.59 Å². The zero-order chi connectivity index (χ0) is 18.9. The van der Waals surface area contributed by atoms with E-state index in [1.807, 2.05) is 31.2 Å². The summed E-state index contributed by atoms with van der Waals surface area (Å²) < 4.78 is 6.79. The van der Waals surface area contributed by atoms with Gasteiger partial charge in [-0.3, -0.25) is 19.5 Å². The lowest BCUT2D eigenvalue weighted by molar-refractivity contribution is -0.147. The number of guanidine groups is 1. The van der Waals surface area contributed by atoms with Gasteiger partial charge in [-0.1, -0.05) is 12.1 Å². The largest absolute Gasteiger partial charge is 0.488 e. The smallest absolute Gasteiger partial charge is 0.229 e. The van der Waals surface area contributed by atoms with Crippen molar-refractivity contribution in [2.45, 2.75) is 32.3 Å². The maximum atomic E-state index is 11.8. The number of piperidine rings is 1. The molecule has 9 heteroatoms. The van der Waals surface area contributed by atoms with Crippen molar-refractivity contribution in [3.05, 3.63) is 28.7 Å². The van der Waals surface area contributed by atoms with Crippen LogP contribution in [-0.2, 0) is 9.59 Å². The molecule has 0 aromatic heterocycles. The van der Waals surface area contributed by atoms with Crippen LogP contribution in [0.1, 0.15) is 26.2 Å². The number of rotatable bonds is 7. The topological polar surface area (TPSA) is 83.0 Å². The molecule has 0 spiro atoms. The molecule has 150 valence electrons.